The lowest BCUT2D eigenvalue weighted by molar-refractivity contribution is -0.117. The molecule has 150 valence electrons. The van der Waals surface area contributed by atoms with Gasteiger partial charge in [-0.25, -0.2) is 19.0 Å². The van der Waals surface area contributed by atoms with Crippen LogP contribution >= 0.6 is 0 Å². The number of amides is 1. The molecule has 8 nitrogen and oxygen atoms in total. The zero-order valence-corrected chi connectivity index (χ0v) is 16.8. The molecule has 0 radical (unpaired) electrons. The first-order chi connectivity index (χ1) is 14.0. The first-order valence-electron chi connectivity index (χ1n) is 9.64. The van der Waals surface area contributed by atoms with Gasteiger partial charge in [-0.05, 0) is 42.2 Å². The lowest BCUT2D eigenvalue weighted by Gasteiger charge is -2.20. The SMILES string of the molecule is CCc1c(-c2ccc(-n3c(OC)nn(C)c3=O)cc2)ccnc1N1CCCC1=O. The number of ether oxygens (including phenoxy) is 1. The highest BCUT2D eigenvalue weighted by Gasteiger charge is 2.26. The summed E-state index contributed by atoms with van der Waals surface area (Å²) in [4.78, 5) is 30.9. The summed E-state index contributed by atoms with van der Waals surface area (Å²) in [5.41, 5.74) is 3.48. The van der Waals surface area contributed by atoms with E-state index >= 15 is 0 Å². The van der Waals surface area contributed by atoms with Crippen molar-refractivity contribution in [1.29, 1.82) is 0 Å². The number of aryl methyl sites for hydroxylation is 1. The molecule has 3 aromatic rings. The van der Waals surface area contributed by atoms with Gasteiger partial charge in [0.05, 0.1) is 12.8 Å². The van der Waals surface area contributed by atoms with Crippen LogP contribution < -0.4 is 15.3 Å². The summed E-state index contributed by atoms with van der Waals surface area (Å²) < 4.78 is 7.88. The van der Waals surface area contributed by atoms with Crippen LogP contribution in [-0.2, 0) is 18.3 Å². The molecule has 29 heavy (non-hydrogen) atoms. The van der Waals surface area contributed by atoms with Crippen LogP contribution in [0.5, 0.6) is 6.01 Å². The topological polar surface area (TPSA) is 82.2 Å². The lowest BCUT2D eigenvalue weighted by Crippen LogP contribution is -2.26. The van der Waals surface area contributed by atoms with Gasteiger partial charge >= 0.3 is 11.7 Å². The summed E-state index contributed by atoms with van der Waals surface area (Å²) in [7, 11) is 3.07. The Morgan fingerprint density at radius 2 is 1.90 bits per heavy atom. The van der Waals surface area contributed by atoms with Crippen molar-refractivity contribution in [2.45, 2.75) is 26.2 Å². The van der Waals surface area contributed by atoms with Crippen molar-refractivity contribution in [3.05, 3.63) is 52.6 Å². The van der Waals surface area contributed by atoms with Crippen LogP contribution in [-0.4, -0.2) is 38.9 Å². The smallest absolute Gasteiger partial charge is 0.353 e. The van der Waals surface area contributed by atoms with Gasteiger partial charge in [0, 0.05) is 31.8 Å². The minimum Gasteiger partial charge on any atom is -0.467 e. The summed E-state index contributed by atoms with van der Waals surface area (Å²) >= 11 is 0. The number of nitrogens with zero attached hydrogens (tertiary/aromatic N) is 5. The molecule has 0 spiro atoms. The second-order valence-corrected chi connectivity index (χ2v) is 6.94. The van der Waals surface area contributed by atoms with Crippen LogP contribution in [0.2, 0.25) is 0 Å². The third kappa shape index (κ3) is 3.20. The minimum atomic E-state index is -0.275. The highest BCUT2D eigenvalue weighted by molar-refractivity contribution is 5.96. The molecule has 1 aliphatic rings. The average Bonchev–Trinajstić information content (AvgIpc) is 3.30. The van der Waals surface area contributed by atoms with E-state index in [-0.39, 0.29) is 17.6 Å². The standard InChI is InChI=1S/C21H23N5O3/c1-4-16-17(11-12-22-19(16)25-13-5-6-18(25)27)14-7-9-15(10-8-14)26-20(29-3)23-24(2)21(26)28/h7-12H,4-6,13H2,1-3H3. The molecular weight excluding hydrogens is 370 g/mol. The Morgan fingerprint density at radius 3 is 2.52 bits per heavy atom. The molecule has 0 saturated carbocycles. The van der Waals surface area contributed by atoms with Gasteiger partial charge in [0.1, 0.15) is 5.82 Å². The van der Waals surface area contributed by atoms with Crippen molar-refractivity contribution in [2.75, 3.05) is 18.6 Å². The fourth-order valence-corrected chi connectivity index (χ4v) is 3.79. The second-order valence-electron chi connectivity index (χ2n) is 6.94. The van der Waals surface area contributed by atoms with E-state index in [1.54, 1.807) is 18.1 Å². The largest absolute Gasteiger partial charge is 0.467 e. The summed E-state index contributed by atoms with van der Waals surface area (Å²) in [5, 5.41) is 4.08. The Bertz CT molecular complexity index is 1110. The van der Waals surface area contributed by atoms with E-state index in [1.807, 2.05) is 30.3 Å². The molecule has 3 heterocycles. The number of carbonyl (C=O) groups is 1. The molecule has 1 saturated heterocycles. The van der Waals surface area contributed by atoms with Crippen LogP contribution in [0.15, 0.2) is 41.3 Å². The second kappa shape index (κ2) is 7.54. The van der Waals surface area contributed by atoms with Gasteiger partial charge in [-0.15, -0.1) is 5.10 Å². The molecule has 4 rings (SSSR count). The highest BCUT2D eigenvalue weighted by atomic mass is 16.5. The first-order valence-corrected chi connectivity index (χ1v) is 9.64. The van der Waals surface area contributed by atoms with Crippen molar-refractivity contribution < 1.29 is 9.53 Å². The van der Waals surface area contributed by atoms with Crippen molar-refractivity contribution in [2.24, 2.45) is 7.05 Å². The zero-order chi connectivity index (χ0) is 20.5. The van der Waals surface area contributed by atoms with E-state index in [0.29, 0.717) is 18.7 Å². The third-order valence-corrected chi connectivity index (χ3v) is 5.23. The maximum Gasteiger partial charge on any atom is 0.353 e. The van der Waals surface area contributed by atoms with E-state index in [9.17, 15) is 9.59 Å². The summed E-state index contributed by atoms with van der Waals surface area (Å²) in [6, 6.07) is 9.84. The molecule has 2 aromatic heterocycles. The fraction of sp³-hybridized carbons (Fsp3) is 0.333. The number of methoxy groups -OCH3 is 1. The van der Waals surface area contributed by atoms with Crippen molar-refractivity contribution in [3.63, 3.8) is 0 Å². The van der Waals surface area contributed by atoms with Gasteiger partial charge in [-0.3, -0.25) is 9.69 Å². The van der Waals surface area contributed by atoms with Gasteiger partial charge in [-0.2, -0.15) is 0 Å². The van der Waals surface area contributed by atoms with E-state index in [1.165, 1.54) is 16.4 Å². The Morgan fingerprint density at radius 1 is 1.14 bits per heavy atom. The Hall–Kier alpha value is -3.42. The van der Waals surface area contributed by atoms with Gasteiger partial charge in [0.2, 0.25) is 5.91 Å². The van der Waals surface area contributed by atoms with Crippen LogP contribution in [0.3, 0.4) is 0 Å². The van der Waals surface area contributed by atoms with Crippen molar-refractivity contribution in [1.82, 2.24) is 19.3 Å². The molecule has 8 heteroatoms. The molecule has 0 atom stereocenters. The quantitative estimate of drug-likeness (QED) is 0.664. The van der Waals surface area contributed by atoms with Crippen LogP contribution in [0.1, 0.15) is 25.3 Å². The fourth-order valence-electron chi connectivity index (χ4n) is 3.79. The third-order valence-electron chi connectivity index (χ3n) is 5.23. The Balaban J connectivity index is 1.75. The normalized spacial score (nSPS) is 13.9. The molecule has 1 aliphatic heterocycles. The molecule has 1 fully saturated rings. The maximum atomic E-state index is 12.4. The van der Waals surface area contributed by atoms with E-state index in [0.717, 1.165) is 35.3 Å². The number of pyridine rings is 1. The van der Waals surface area contributed by atoms with E-state index < -0.39 is 0 Å². The number of carbonyl (C=O) groups excluding carboxylic acids is 1. The summed E-state index contributed by atoms with van der Waals surface area (Å²) in [6.07, 6.45) is 3.95. The number of hydrogen-bond acceptors (Lipinski definition) is 5. The molecule has 0 bridgehead atoms. The summed E-state index contributed by atoms with van der Waals surface area (Å²) in [5.74, 6) is 0.879. The van der Waals surface area contributed by atoms with E-state index in [4.69, 9.17) is 4.74 Å². The van der Waals surface area contributed by atoms with Gasteiger partial charge in [0.15, 0.2) is 0 Å². The minimum absolute atomic E-state index is 0.128. The number of anilines is 1. The highest BCUT2D eigenvalue weighted by Crippen LogP contribution is 2.32. The summed E-state index contributed by atoms with van der Waals surface area (Å²) in [6.45, 7) is 2.78. The van der Waals surface area contributed by atoms with Crippen LogP contribution in [0.4, 0.5) is 5.82 Å². The van der Waals surface area contributed by atoms with Crippen LogP contribution in [0, 0.1) is 0 Å². The maximum absolute atomic E-state index is 12.4. The van der Waals surface area contributed by atoms with E-state index in [2.05, 4.69) is 17.0 Å². The van der Waals surface area contributed by atoms with Gasteiger partial charge in [-0.1, -0.05) is 19.1 Å². The lowest BCUT2D eigenvalue weighted by atomic mass is 9.98. The monoisotopic (exact) mass is 393 g/mol. The molecular formula is C21H23N5O3. The zero-order valence-electron chi connectivity index (χ0n) is 16.8. The molecule has 0 N–H and O–H groups in total. The van der Waals surface area contributed by atoms with Gasteiger partial charge < -0.3 is 4.74 Å². The first kappa shape index (κ1) is 18.9. The predicted octanol–water partition coefficient (Wildman–Crippen LogP) is 2.33. The molecule has 0 unspecified atom stereocenters. The van der Waals surface area contributed by atoms with Crippen molar-refractivity contribution in [3.8, 4) is 22.8 Å². The average molecular weight is 393 g/mol. The molecule has 1 aromatic carbocycles. The molecule has 1 amide bonds. The Labute approximate surface area is 168 Å². The molecule has 0 aliphatic carbocycles. The Kier molecular flexibility index (Phi) is 4.92. The van der Waals surface area contributed by atoms with Crippen LogP contribution in [0.25, 0.3) is 16.8 Å². The number of rotatable bonds is 5. The van der Waals surface area contributed by atoms with Gasteiger partial charge in [0.25, 0.3) is 0 Å². The predicted molar refractivity (Wildman–Crippen MR) is 110 cm³/mol. The number of aromatic nitrogens is 4. The number of hydrogen-bond donors (Lipinski definition) is 0. The number of benzene rings is 1. The van der Waals surface area contributed by atoms with Crippen molar-refractivity contribution >= 4 is 11.7 Å².